The van der Waals surface area contributed by atoms with Crippen molar-refractivity contribution in [3.63, 3.8) is 0 Å². The molecule has 1 unspecified atom stereocenters. The van der Waals surface area contributed by atoms with Crippen LogP contribution in [0.15, 0.2) is 48.6 Å². The van der Waals surface area contributed by atoms with Gasteiger partial charge in [-0.25, -0.2) is 0 Å². The molecule has 0 radical (unpaired) electrons. The Kier molecular flexibility index (Phi) is 55.7. The van der Waals surface area contributed by atoms with Crippen LogP contribution in [-0.4, -0.2) is 37.2 Å². The van der Waals surface area contributed by atoms with E-state index in [0.29, 0.717) is 19.3 Å². The predicted molar refractivity (Wildman–Crippen MR) is 298 cm³/mol. The van der Waals surface area contributed by atoms with Crippen molar-refractivity contribution < 1.29 is 28.6 Å². The predicted octanol–water partition coefficient (Wildman–Crippen LogP) is 20.2. The van der Waals surface area contributed by atoms with E-state index in [1.807, 2.05) is 0 Å². The first-order chi connectivity index (χ1) is 34.0. The number of unbranched alkanes of at least 4 members (excludes halogenated alkanes) is 36. The lowest BCUT2D eigenvalue weighted by molar-refractivity contribution is -0.167. The molecule has 6 heteroatoms. The van der Waals surface area contributed by atoms with Crippen LogP contribution in [0.5, 0.6) is 0 Å². The first-order valence-electron chi connectivity index (χ1n) is 30.1. The van der Waals surface area contributed by atoms with Gasteiger partial charge in [0.2, 0.25) is 0 Å². The minimum atomic E-state index is -0.777. The highest BCUT2D eigenvalue weighted by Crippen LogP contribution is 2.17. The van der Waals surface area contributed by atoms with Gasteiger partial charge in [-0.05, 0) is 96.3 Å². The molecule has 0 saturated heterocycles. The third-order valence-electron chi connectivity index (χ3n) is 13.3. The molecule has 0 saturated carbocycles. The van der Waals surface area contributed by atoms with Crippen LogP contribution in [0.3, 0.4) is 0 Å². The molecule has 0 fully saturated rings. The van der Waals surface area contributed by atoms with Crippen molar-refractivity contribution in [2.24, 2.45) is 0 Å². The fourth-order valence-corrected chi connectivity index (χ4v) is 8.71. The van der Waals surface area contributed by atoms with Crippen LogP contribution in [0, 0.1) is 0 Å². The van der Waals surface area contributed by atoms with E-state index >= 15 is 0 Å². The lowest BCUT2D eigenvalue weighted by Crippen LogP contribution is -2.30. The fraction of sp³-hybridized carbons (Fsp3) is 0.825. The highest BCUT2D eigenvalue weighted by atomic mass is 16.6. The molecule has 6 nitrogen and oxygen atoms in total. The molecular formula is C63H114O6. The van der Waals surface area contributed by atoms with E-state index in [0.717, 1.165) is 89.9 Å². The minimum absolute atomic E-state index is 0.0766. The van der Waals surface area contributed by atoms with Crippen LogP contribution < -0.4 is 0 Å². The van der Waals surface area contributed by atoms with Crippen LogP contribution in [0.1, 0.15) is 316 Å². The second kappa shape index (κ2) is 57.9. The average Bonchev–Trinajstić information content (AvgIpc) is 3.35. The Morgan fingerprint density at radius 2 is 0.551 bits per heavy atom. The molecule has 0 aromatic heterocycles. The summed E-state index contributed by atoms with van der Waals surface area (Å²) in [5.74, 6) is -0.885. The Morgan fingerprint density at radius 3 is 0.899 bits per heavy atom. The zero-order valence-corrected chi connectivity index (χ0v) is 46.1. The van der Waals surface area contributed by atoms with Gasteiger partial charge < -0.3 is 14.2 Å². The van der Waals surface area contributed by atoms with Crippen molar-refractivity contribution in [2.75, 3.05) is 13.2 Å². The lowest BCUT2D eigenvalue weighted by Gasteiger charge is -2.18. The maximum absolute atomic E-state index is 12.8. The molecule has 0 amide bonds. The van der Waals surface area contributed by atoms with Crippen LogP contribution in [0.25, 0.3) is 0 Å². The smallest absolute Gasteiger partial charge is 0.306 e. The quantitative estimate of drug-likeness (QED) is 0.0262. The van der Waals surface area contributed by atoms with Crippen LogP contribution in [0.2, 0.25) is 0 Å². The maximum atomic E-state index is 12.8. The number of carbonyl (C=O) groups excluding carboxylic acids is 3. The molecule has 0 aromatic carbocycles. The summed E-state index contributed by atoms with van der Waals surface area (Å²) in [4.78, 5) is 38.0. The Balaban J connectivity index is 4.08. The van der Waals surface area contributed by atoms with Gasteiger partial charge in [-0.3, -0.25) is 14.4 Å². The van der Waals surface area contributed by atoms with Crippen molar-refractivity contribution in [1.29, 1.82) is 0 Å². The summed E-state index contributed by atoms with van der Waals surface area (Å²) < 4.78 is 16.8. The molecular weight excluding hydrogens is 853 g/mol. The molecule has 0 spiro atoms. The molecule has 69 heavy (non-hydrogen) atoms. The first kappa shape index (κ1) is 66.4. The minimum Gasteiger partial charge on any atom is -0.462 e. The van der Waals surface area contributed by atoms with Gasteiger partial charge in [0.25, 0.3) is 0 Å². The van der Waals surface area contributed by atoms with Crippen LogP contribution in [0.4, 0.5) is 0 Å². The number of hydrogen-bond acceptors (Lipinski definition) is 6. The highest BCUT2D eigenvalue weighted by molar-refractivity contribution is 5.71. The summed E-state index contributed by atoms with van der Waals surface area (Å²) in [6, 6.07) is 0. The Hall–Kier alpha value is -2.63. The van der Waals surface area contributed by atoms with E-state index < -0.39 is 6.10 Å². The van der Waals surface area contributed by atoms with Gasteiger partial charge in [-0.15, -0.1) is 0 Å². The number of allylic oxidation sites excluding steroid dienone is 8. The highest BCUT2D eigenvalue weighted by Gasteiger charge is 2.19. The van der Waals surface area contributed by atoms with E-state index in [9.17, 15) is 14.4 Å². The van der Waals surface area contributed by atoms with Crippen molar-refractivity contribution in [3.8, 4) is 0 Å². The molecule has 0 aliphatic heterocycles. The number of ether oxygens (including phenoxy) is 3. The third kappa shape index (κ3) is 56.2. The van der Waals surface area contributed by atoms with E-state index in [-0.39, 0.29) is 31.1 Å². The number of rotatable bonds is 55. The molecule has 402 valence electrons. The number of hydrogen-bond donors (Lipinski definition) is 0. The van der Waals surface area contributed by atoms with Gasteiger partial charge in [-0.2, -0.15) is 0 Å². The van der Waals surface area contributed by atoms with Crippen LogP contribution >= 0.6 is 0 Å². The molecule has 0 aromatic rings. The Labute approximate surface area is 428 Å². The first-order valence-corrected chi connectivity index (χ1v) is 30.1. The third-order valence-corrected chi connectivity index (χ3v) is 13.3. The summed E-state index contributed by atoms with van der Waals surface area (Å²) in [6.07, 6.45) is 71.3. The fourth-order valence-electron chi connectivity index (χ4n) is 8.71. The van der Waals surface area contributed by atoms with Gasteiger partial charge in [-0.1, -0.05) is 249 Å². The molecule has 0 N–H and O–H groups in total. The van der Waals surface area contributed by atoms with Gasteiger partial charge in [0.05, 0.1) is 0 Å². The standard InChI is InChI=1S/C63H114O6/c1-4-7-10-13-16-19-22-24-25-26-27-28-29-30-31-32-33-34-35-36-37-38-39-40-42-44-47-50-53-56-62(65)68-59-60(58-67-61(64)55-52-49-46-43-21-18-15-12-9-6-3)69-63(66)57-54-51-48-45-41-23-20-17-14-11-8-5-2/h12,15,17,20,22,24,26-27,60H,4-11,13-14,16,18-19,21,23,25,28-59H2,1-3H3/b15-12-,20-17-,24-22-,27-26-. The monoisotopic (exact) mass is 967 g/mol. The summed E-state index contributed by atoms with van der Waals surface area (Å²) in [5.41, 5.74) is 0. The van der Waals surface area contributed by atoms with E-state index in [4.69, 9.17) is 14.2 Å². The normalized spacial score (nSPS) is 12.3. The van der Waals surface area contributed by atoms with Gasteiger partial charge in [0, 0.05) is 19.3 Å². The number of carbonyl (C=O) groups is 3. The number of esters is 3. The molecule has 1 atom stereocenters. The summed E-state index contributed by atoms with van der Waals surface area (Å²) >= 11 is 0. The van der Waals surface area contributed by atoms with Crippen molar-refractivity contribution in [2.45, 2.75) is 322 Å². The average molecular weight is 968 g/mol. The zero-order chi connectivity index (χ0) is 50.0. The van der Waals surface area contributed by atoms with Crippen molar-refractivity contribution >= 4 is 17.9 Å². The zero-order valence-electron chi connectivity index (χ0n) is 46.1. The van der Waals surface area contributed by atoms with E-state index in [1.165, 1.54) is 186 Å². The molecule has 0 heterocycles. The summed E-state index contributed by atoms with van der Waals surface area (Å²) in [7, 11) is 0. The lowest BCUT2D eigenvalue weighted by atomic mass is 10.0. The van der Waals surface area contributed by atoms with Gasteiger partial charge in [0.1, 0.15) is 13.2 Å². The van der Waals surface area contributed by atoms with E-state index in [2.05, 4.69) is 69.4 Å². The SMILES string of the molecule is CCC/C=C\CCCCCCCC(=O)OCC(COC(=O)CCCCCCCCCCCCCCCCCCC/C=C\C/C=C\CCCCCCC)OC(=O)CCCCCCC/C=C\CCCCC. The Bertz CT molecular complexity index is 1200. The van der Waals surface area contributed by atoms with E-state index in [1.54, 1.807) is 0 Å². The summed E-state index contributed by atoms with van der Waals surface area (Å²) in [6.45, 7) is 6.56. The van der Waals surface area contributed by atoms with Crippen molar-refractivity contribution in [3.05, 3.63) is 48.6 Å². The van der Waals surface area contributed by atoms with Crippen LogP contribution in [-0.2, 0) is 28.6 Å². The largest absolute Gasteiger partial charge is 0.462 e. The van der Waals surface area contributed by atoms with Gasteiger partial charge in [0.15, 0.2) is 6.10 Å². The van der Waals surface area contributed by atoms with Gasteiger partial charge >= 0.3 is 17.9 Å². The topological polar surface area (TPSA) is 78.9 Å². The molecule has 0 bridgehead atoms. The second-order valence-electron chi connectivity index (χ2n) is 20.2. The maximum Gasteiger partial charge on any atom is 0.306 e. The second-order valence-corrected chi connectivity index (χ2v) is 20.2. The molecule has 0 aliphatic rings. The summed E-state index contributed by atoms with van der Waals surface area (Å²) in [5, 5.41) is 0. The molecule has 0 aliphatic carbocycles. The van der Waals surface area contributed by atoms with Crippen molar-refractivity contribution in [1.82, 2.24) is 0 Å². The molecule has 0 rings (SSSR count). The Morgan fingerprint density at radius 1 is 0.290 bits per heavy atom.